The standard InChI is InChI=1S/C16H22N4O/c1-19(11-14-4-2-3-13(9-14)10-17)16(21)12-20-7-5-15(18)6-8-20/h2-4,9,15H,5-8,11-12,18H2,1H3. The van der Waals surface area contributed by atoms with Crippen molar-refractivity contribution in [2.24, 2.45) is 5.73 Å². The molecule has 112 valence electrons. The summed E-state index contributed by atoms with van der Waals surface area (Å²) in [6, 6.07) is 9.77. The van der Waals surface area contributed by atoms with Crippen molar-refractivity contribution in [1.82, 2.24) is 9.80 Å². The van der Waals surface area contributed by atoms with Crippen molar-refractivity contribution >= 4 is 5.91 Å². The molecule has 0 aromatic heterocycles. The first-order chi connectivity index (χ1) is 10.1. The van der Waals surface area contributed by atoms with Crippen molar-refractivity contribution in [3.8, 4) is 6.07 Å². The summed E-state index contributed by atoms with van der Waals surface area (Å²) < 4.78 is 0. The molecule has 5 nitrogen and oxygen atoms in total. The fourth-order valence-electron chi connectivity index (χ4n) is 2.52. The maximum atomic E-state index is 12.2. The Bertz CT molecular complexity index is 529. The van der Waals surface area contributed by atoms with E-state index in [4.69, 9.17) is 11.0 Å². The van der Waals surface area contributed by atoms with Gasteiger partial charge in [-0.25, -0.2) is 0 Å². The Morgan fingerprint density at radius 2 is 2.19 bits per heavy atom. The van der Waals surface area contributed by atoms with Crippen LogP contribution in [0.4, 0.5) is 0 Å². The van der Waals surface area contributed by atoms with Crippen LogP contribution in [0.15, 0.2) is 24.3 Å². The Hall–Kier alpha value is -1.90. The van der Waals surface area contributed by atoms with E-state index in [1.165, 1.54) is 0 Å². The third kappa shape index (κ3) is 4.55. The molecule has 1 aromatic rings. The molecule has 2 N–H and O–H groups in total. The zero-order chi connectivity index (χ0) is 15.2. The minimum absolute atomic E-state index is 0.104. The minimum Gasteiger partial charge on any atom is -0.340 e. The Labute approximate surface area is 125 Å². The lowest BCUT2D eigenvalue weighted by molar-refractivity contribution is -0.131. The molecule has 0 atom stereocenters. The SMILES string of the molecule is CN(Cc1cccc(C#N)c1)C(=O)CN1CCC(N)CC1. The fraction of sp³-hybridized carbons (Fsp3) is 0.500. The van der Waals surface area contributed by atoms with Crippen LogP contribution in [0.2, 0.25) is 0 Å². The molecule has 1 aliphatic heterocycles. The number of hydrogen-bond acceptors (Lipinski definition) is 4. The van der Waals surface area contributed by atoms with Gasteiger partial charge in [0.2, 0.25) is 5.91 Å². The van der Waals surface area contributed by atoms with Crippen LogP contribution in [0.25, 0.3) is 0 Å². The van der Waals surface area contributed by atoms with Crippen molar-refractivity contribution in [3.63, 3.8) is 0 Å². The van der Waals surface area contributed by atoms with Crippen molar-refractivity contribution in [2.75, 3.05) is 26.7 Å². The van der Waals surface area contributed by atoms with Gasteiger partial charge in [-0.1, -0.05) is 12.1 Å². The first-order valence-corrected chi connectivity index (χ1v) is 7.29. The van der Waals surface area contributed by atoms with Crippen LogP contribution >= 0.6 is 0 Å². The molecule has 0 saturated carbocycles. The number of piperidine rings is 1. The third-order valence-corrected chi connectivity index (χ3v) is 3.89. The number of likely N-dealkylation sites (N-methyl/N-ethyl adjacent to an activating group) is 1. The van der Waals surface area contributed by atoms with E-state index < -0.39 is 0 Å². The highest BCUT2D eigenvalue weighted by Gasteiger charge is 2.19. The molecular formula is C16H22N4O. The van der Waals surface area contributed by atoms with Gasteiger partial charge >= 0.3 is 0 Å². The second-order valence-corrected chi connectivity index (χ2v) is 5.68. The summed E-state index contributed by atoms with van der Waals surface area (Å²) >= 11 is 0. The number of nitrogens with zero attached hydrogens (tertiary/aromatic N) is 3. The highest BCUT2D eigenvalue weighted by atomic mass is 16.2. The van der Waals surface area contributed by atoms with Crippen molar-refractivity contribution < 1.29 is 4.79 Å². The van der Waals surface area contributed by atoms with Crippen LogP contribution in [0.3, 0.4) is 0 Å². The highest BCUT2D eigenvalue weighted by molar-refractivity contribution is 5.78. The molecule has 1 amide bonds. The zero-order valence-electron chi connectivity index (χ0n) is 12.5. The predicted octanol–water partition coefficient (Wildman–Crippen LogP) is 0.940. The zero-order valence-corrected chi connectivity index (χ0v) is 12.5. The molecule has 0 spiro atoms. The number of carbonyl (C=O) groups excluding carboxylic acids is 1. The molecule has 0 aliphatic carbocycles. The normalized spacial score (nSPS) is 16.4. The maximum absolute atomic E-state index is 12.2. The average Bonchev–Trinajstić information content (AvgIpc) is 2.49. The number of hydrogen-bond donors (Lipinski definition) is 1. The van der Waals surface area contributed by atoms with E-state index in [-0.39, 0.29) is 11.9 Å². The Balaban J connectivity index is 1.86. The van der Waals surface area contributed by atoms with E-state index in [9.17, 15) is 4.79 Å². The van der Waals surface area contributed by atoms with E-state index in [1.807, 2.05) is 18.2 Å². The average molecular weight is 286 g/mol. The molecule has 1 aliphatic rings. The van der Waals surface area contributed by atoms with Gasteiger partial charge in [0, 0.05) is 32.7 Å². The van der Waals surface area contributed by atoms with E-state index in [0.717, 1.165) is 31.5 Å². The van der Waals surface area contributed by atoms with Crippen molar-refractivity contribution in [1.29, 1.82) is 5.26 Å². The second-order valence-electron chi connectivity index (χ2n) is 5.68. The Morgan fingerprint density at radius 3 is 2.86 bits per heavy atom. The largest absolute Gasteiger partial charge is 0.340 e. The monoisotopic (exact) mass is 286 g/mol. The van der Waals surface area contributed by atoms with Crippen LogP contribution in [0.1, 0.15) is 24.0 Å². The highest BCUT2D eigenvalue weighted by Crippen LogP contribution is 2.10. The predicted molar refractivity (Wildman–Crippen MR) is 81.3 cm³/mol. The summed E-state index contributed by atoms with van der Waals surface area (Å²) in [5.74, 6) is 0.104. The smallest absolute Gasteiger partial charge is 0.236 e. The molecule has 2 rings (SSSR count). The van der Waals surface area contributed by atoms with Gasteiger partial charge in [-0.05, 0) is 30.5 Å². The number of benzene rings is 1. The van der Waals surface area contributed by atoms with Gasteiger partial charge in [-0.3, -0.25) is 9.69 Å². The Kier molecular flexibility index (Phi) is 5.32. The van der Waals surface area contributed by atoms with Crippen molar-refractivity contribution in [2.45, 2.75) is 25.4 Å². The van der Waals surface area contributed by atoms with Gasteiger partial charge in [0.1, 0.15) is 0 Å². The number of nitrogens with two attached hydrogens (primary N) is 1. The van der Waals surface area contributed by atoms with E-state index in [1.54, 1.807) is 18.0 Å². The molecule has 1 heterocycles. The number of rotatable bonds is 4. The molecule has 0 bridgehead atoms. The van der Waals surface area contributed by atoms with E-state index >= 15 is 0 Å². The molecule has 1 aromatic carbocycles. The molecule has 0 radical (unpaired) electrons. The van der Waals surface area contributed by atoms with Gasteiger partial charge in [-0.15, -0.1) is 0 Å². The second kappa shape index (κ2) is 7.21. The lowest BCUT2D eigenvalue weighted by Gasteiger charge is -2.30. The Morgan fingerprint density at radius 1 is 1.48 bits per heavy atom. The van der Waals surface area contributed by atoms with E-state index in [2.05, 4.69) is 11.0 Å². The molecule has 21 heavy (non-hydrogen) atoms. The third-order valence-electron chi connectivity index (χ3n) is 3.89. The van der Waals surface area contributed by atoms with Crippen LogP contribution in [-0.4, -0.2) is 48.4 Å². The summed E-state index contributed by atoms with van der Waals surface area (Å²) in [6.45, 7) is 2.76. The lowest BCUT2D eigenvalue weighted by Crippen LogP contribution is -2.44. The van der Waals surface area contributed by atoms with Crippen LogP contribution in [-0.2, 0) is 11.3 Å². The molecule has 1 fully saturated rings. The van der Waals surface area contributed by atoms with Crippen LogP contribution < -0.4 is 5.73 Å². The summed E-state index contributed by atoms with van der Waals surface area (Å²) in [5.41, 5.74) is 7.47. The van der Waals surface area contributed by atoms with Gasteiger partial charge in [0.15, 0.2) is 0 Å². The van der Waals surface area contributed by atoms with Crippen LogP contribution in [0.5, 0.6) is 0 Å². The summed E-state index contributed by atoms with van der Waals surface area (Å²) in [5, 5.41) is 8.90. The summed E-state index contributed by atoms with van der Waals surface area (Å²) in [7, 11) is 1.80. The van der Waals surface area contributed by atoms with Gasteiger partial charge in [0.05, 0.1) is 18.2 Å². The first-order valence-electron chi connectivity index (χ1n) is 7.29. The number of likely N-dealkylation sites (tertiary alicyclic amines) is 1. The fourth-order valence-corrected chi connectivity index (χ4v) is 2.52. The summed E-state index contributed by atoms with van der Waals surface area (Å²) in [6.07, 6.45) is 1.92. The minimum atomic E-state index is 0.104. The van der Waals surface area contributed by atoms with Crippen LogP contribution in [0, 0.1) is 11.3 Å². The maximum Gasteiger partial charge on any atom is 0.236 e. The van der Waals surface area contributed by atoms with Gasteiger partial charge < -0.3 is 10.6 Å². The molecular weight excluding hydrogens is 264 g/mol. The van der Waals surface area contributed by atoms with Gasteiger partial charge in [0.25, 0.3) is 0 Å². The topological polar surface area (TPSA) is 73.4 Å². The summed E-state index contributed by atoms with van der Waals surface area (Å²) in [4.78, 5) is 16.1. The van der Waals surface area contributed by atoms with Crippen molar-refractivity contribution in [3.05, 3.63) is 35.4 Å². The number of nitriles is 1. The van der Waals surface area contributed by atoms with Gasteiger partial charge in [-0.2, -0.15) is 5.26 Å². The number of carbonyl (C=O) groups is 1. The number of amides is 1. The quantitative estimate of drug-likeness (QED) is 0.894. The molecule has 1 saturated heterocycles. The first kappa shape index (κ1) is 15.5. The molecule has 5 heteroatoms. The van der Waals surface area contributed by atoms with E-state index in [0.29, 0.717) is 18.7 Å². The lowest BCUT2D eigenvalue weighted by atomic mass is 10.1. The molecule has 0 unspecified atom stereocenters.